The molecule has 0 fully saturated rings. The first-order chi connectivity index (χ1) is 14.5. The lowest BCUT2D eigenvalue weighted by molar-refractivity contribution is 0.335. The van der Waals surface area contributed by atoms with Crippen LogP contribution in [0.3, 0.4) is 0 Å². The molecule has 0 aliphatic carbocycles. The van der Waals surface area contributed by atoms with Crippen molar-refractivity contribution in [2.24, 2.45) is 12.0 Å². The van der Waals surface area contributed by atoms with Crippen molar-refractivity contribution in [2.45, 2.75) is 51.1 Å². The number of rotatable bonds is 10. The number of aliphatic imine (C=N–C) groups is 1. The molecule has 1 aromatic carbocycles. The molecule has 0 aliphatic rings. The highest BCUT2D eigenvalue weighted by Gasteiger charge is 2.23. The van der Waals surface area contributed by atoms with Gasteiger partial charge in [-0.3, -0.25) is 4.68 Å². The Morgan fingerprint density at radius 3 is 2.48 bits per heavy atom. The largest absolute Gasteiger partial charge is 0.301 e. The average Bonchev–Trinajstić information content (AvgIpc) is 3.08. The number of isocyanates is 1. The van der Waals surface area contributed by atoms with Gasteiger partial charge in [0.15, 0.2) is 5.03 Å². The van der Waals surface area contributed by atoms with E-state index < -0.39 is 21.8 Å². The van der Waals surface area contributed by atoms with Crippen LogP contribution in [0.2, 0.25) is 0 Å². The molecule has 0 spiro atoms. The van der Waals surface area contributed by atoms with Gasteiger partial charge in [0.25, 0.3) is 10.0 Å². The van der Waals surface area contributed by atoms with Crippen LogP contribution in [0, 0.1) is 5.82 Å². The van der Waals surface area contributed by atoms with Crippen LogP contribution >= 0.6 is 0 Å². The zero-order chi connectivity index (χ0) is 23.3. The first-order valence-electron chi connectivity index (χ1n) is 10.1. The van der Waals surface area contributed by atoms with Crippen LogP contribution in [-0.2, 0) is 28.4 Å². The summed E-state index contributed by atoms with van der Waals surface area (Å²) >= 11 is 0. The Morgan fingerprint density at radius 1 is 1.26 bits per heavy atom. The molecule has 0 saturated carbocycles. The van der Waals surface area contributed by atoms with E-state index in [1.54, 1.807) is 24.7 Å². The number of nitrogens with zero attached hydrogens (tertiary/aromatic N) is 4. The number of hydrogen-bond donors (Lipinski definition) is 1. The van der Waals surface area contributed by atoms with Crippen LogP contribution in [0.25, 0.3) is 0 Å². The molecule has 0 saturated heterocycles. The molecule has 0 radical (unpaired) electrons. The second-order valence-electron chi connectivity index (χ2n) is 7.97. The first-order valence-corrected chi connectivity index (χ1v) is 11.6. The van der Waals surface area contributed by atoms with Gasteiger partial charge in [-0.15, -0.1) is 0 Å². The van der Waals surface area contributed by atoms with E-state index >= 15 is 0 Å². The van der Waals surface area contributed by atoms with Crippen LogP contribution in [0.15, 0.2) is 28.2 Å². The molecule has 0 bridgehead atoms. The molecule has 10 heteroatoms. The molecule has 1 unspecified atom stereocenters. The SMILES string of the molecule is CCN(C)Cc1cc(S(=O)(=O)NCC(C)c2cc(F)cc(C(C)C)c2N=C=O)nn1C. The molecule has 1 aromatic heterocycles. The standard InChI is InChI=1S/C21H30FN5O3S/c1-7-26(5)12-17-10-20(25-27(17)6)31(29,30)24-11-15(4)19-9-16(22)8-18(14(2)3)21(19)23-13-28/h8-10,14-15,24H,7,11-12H2,1-6H3. The third-order valence-corrected chi connectivity index (χ3v) is 6.52. The third-order valence-electron chi connectivity index (χ3n) is 5.22. The lowest BCUT2D eigenvalue weighted by atomic mass is 9.92. The Hall–Kier alpha value is -2.39. The highest BCUT2D eigenvalue weighted by Crippen LogP contribution is 2.35. The number of nitrogens with one attached hydrogen (secondary N) is 1. The Labute approximate surface area is 183 Å². The van der Waals surface area contributed by atoms with E-state index in [1.165, 1.54) is 18.2 Å². The fourth-order valence-corrected chi connectivity index (χ4v) is 4.33. The Bertz CT molecular complexity index is 1070. The number of halogens is 1. The van der Waals surface area contributed by atoms with Crippen LogP contribution in [-0.4, -0.2) is 49.3 Å². The van der Waals surface area contributed by atoms with E-state index in [0.29, 0.717) is 23.4 Å². The Kier molecular flexibility index (Phi) is 8.25. The maximum absolute atomic E-state index is 14.2. The maximum atomic E-state index is 14.2. The van der Waals surface area contributed by atoms with Crippen molar-refractivity contribution in [1.82, 2.24) is 19.4 Å². The summed E-state index contributed by atoms with van der Waals surface area (Å²) in [7, 11) is -0.237. The lowest BCUT2D eigenvalue weighted by Crippen LogP contribution is -2.28. The van der Waals surface area contributed by atoms with E-state index in [1.807, 2.05) is 32.7 Å². The van der Waals surface area contributed by atoms with Gasteiger partial charge < -0.3 is 4.90 Å². The van der Waals surface area contributed by atoms with Crippen molar-refractivity contribution < 1.29 is 17.6 Å². The summed E-state index contributed by atoms with van der Waals surface area (Å²) in [6, 6.07) is 4.16. The fourth-order valence-electron chi connectivity index (χ4n) is 3.20. The smallest absolute Gasteiger partial charge is 0.259 e. The molecule has 0 aliphatic heterocycles. The molecule has 1 heterocycles. The normalized spacial score (nSPS) is 12.9. The number of sulfonamides is 1. The van der Waals surface area contributed by atoms with E-state index in [0.717, 1.165) is 12.2 Å². The minimum Gasteiger partial charge on any atom is -0.301 e. The van der Waals surface area contributed by atoms with E-state index in [-0.39, 0.29) is 17.5 Å². The molecule has 31 heavy (non-hydrogen) atoms. The maximum Gasteiger partial charge on any atom is 0.259 e. The Balaban J connectivity index is 2.27. The van der Waals surface area contributed by atoms with Crippen molar-refractivity contribution in [2.75, 3.05) is 20.1 Å². The summed E-state index contributed by atoms with van der Waals surface area (Å²) in [4.78, 5) is 16.7. The first kappa shape index (κ1) is 24.9. The van der Waals surface area contributed by atoms with Gasteiger partial charge in [-0.1, -0.05) is 27.7 Å². The number of carbonyl (C=O) groups excluding carboxylic acids is 1. The molecule has 1 N–H and O–H groups in total. The molecule has 170 valence electrons. The van der Waals surface area contributed by atoms with Gasteiger partial charge in [0.2, 0.25) is 6.08 Å². The second kappa shape index (κ2) is 10.3. The van der Waals surface area contributed by atoms with Gasteiger partial charge in [0, 0.05) is 26.2 Å². The second-order valence-corrected chi connectivity index (χ2v) is 9.69. The monoisotopic (exact) mass is 451 g/mol. The van der Waals surface area contributed by atoms with Crippen LogP contribution in [0.5, 0.6) is 0 Å². The quantitative estimate of drug-likeness (QED) is 0.442. The average molecular weight is 452 g/mol. The molecule has 1 atom stereocenters. The summed E-state index contributed by atoms with van der Waals surface area (Å²) in [5.41, 5.74) is 2.12. The van der Waals surface area contributed by atoms with Gasteiger partial charge >= 0.3 is 0 Å². The molecular formula is C21H30FN5O3S. The predicted octanol–water partition coefficient (Wildman–Crippen LogP) is 3.18. The summed E-state index contributed by atoms with van der Waals surface area (Å²) in [6.45, 7) is 8.86. The van der Waals surface area contributed by atoms with Gasteiger partial charge in [-0.05, 0) is 48.7 Å². The van der Waals surface area contributed by atoms with Crippen LogP contribution in [0.4, 0.5) is 10.1 Å². The molecular weight excluding hydrogens is 421 g/mol. The van der Waals surface area contributed by atoms with Crippen molar-refractivity contribution in [3.05, 3.63) is 40.8 Å². The summed E-state index contributed by atoms with van der Waals surface area (Å²) in [5.74, 6) is -0.976. The van der Waals surface area contributed by atoms with E-state index in [2.05, 4.69) is 14.8 Å². The Morgan fingerprint density at radius 2 is 1.90 bits per heavy atom. The molecule has 2 aromatic rings. The van der Waals surface area contributed by atoms with Gasteiger partial charge in [-0.2, -0.15) is 10.1 Å². The number of hydrogen-bond acceptors (Lipinski definition) is 6. The summed E-state index contributed by atoms with van der Waals surface area (Å²) < 4.78 is 43.8. The van der Waals surface area contributed by atoms with Crippen molar-refractivity contribution in [1.29, 1.82) is 0 Å². The lowest BCUT2D eigenvalue weighted by Gasteiger charge is -2.18. The van der Waals surface area contributed by atoms with Crippen molar-refractivity contribution >= 4 is 21.8 Å². The summed E-state index contributed by atoms with van der Waals surface area (Å²) in [5, 5.41) is 4.05. The topological polar surface area (TPSA) is 96.7 Å². The number of aryl methyl sites for hydroxylation is 1. The predicted molar refractivity (Wildman–Crippen MR) is 117 cm³/mol. The number of aromatic nitrogens is 2. The van der Waals surface area contributed by atoms with Crippen molar-refractivity contribution in [3.8, 4) is 0 Å². The van der Waals surface area contributed by atoms with Gasteiger partial charge in [-0.25, -0.2) is 22.3 Å². The highest BCUT2D eigenvalue weighted by atomic mass is 32.2. The van der Waals surface area contributed by atoms with Crippen LogP contribution < -0.4 is 4.72 Å². The highest BCUT2D eigenvalue weighted by molar-refractivity contribution is 7.89. The van der Waals surface area contributed by atoms with Crippen molar-refractivity contribution in [3.63, 3.8) is 0 Å². The third kappa shape index (κ3) is 6.07. The molecule has 8 nitrogen and oxygen atoms in total. The molecule has 2 rings (SSSR count). The number of benzene rings is 1. The van der Waals surface area contributed by atoms with Gasteiger partial charge in [0.05, 0.1) is 11.4 Å². The van der Waals surface area contributed by atoms with Crippen LogP contribution in [0.1, 0.15) is 56.4 Å². The zero-order valence-electron chi connectivity index (χ0n) is 18.8. The van der Waals surface area contributed by atoms with Gasteiger partial charge in [0.1, 0.15) is 5.82 Å². The summed E-state index contributed by atoms with van der Waals surface area (Å²) in [6.07, 6.45) is 1.52. The minimum atomic E-state index is -3.87. The minimum absolute atomic E-state index is 0.00846. The molecule has 0 amide bonds. The zero-order valence-corrected chi connectivity index (χ0v) is 19.6. The fraction of sp³-hybridized carbons (Fsp3) is 0.524. The van der Waals surface area contributed by atoms with E-state index in [9.17, 15) is 17.6 Å². The van der Waals surface area contributed by atoms with E-state index in [4.69, 9.17) is 0 Å².